The van der Waals surface area contributed by atoms with Gasteiger partial charge in [0.1, 0.15) is 0 Å². The third kappa shape index (κ3) is 2.91. The summed E-state index contributed by atoms with van der Waals surface area (Å²) < 4.78 is 0. The quantitative estimate of drug-likeness (QED) is 0.924. The van der Waals surface area contributed by atoms with Crippen molar-refractivity contribution in [2.45, 2.75) is 38.3 Å². The van der Waals surface area contributed by atoms with E-state index in [4.69, 9.17) is 0 Å². The van der Waals surface area contributed by atoms with Crippen LogP contribution in [0.3, 0.4) is 0 Å². The minimum atomic E-state index is 0.339. The molecule has 0 amide bonds. The molecule has 23 heavy (non-hydrogen) atoms. The second-order valence-electron chi connectivity index (χ2n) is 7.09. The minimum absolute atomic E-state index is 0.339. The molecule has 1 aromatic heterocycles. The van der Waals surface area contributed by atoms with Crippen molar-refractivity contribution in [1.29, 1.82) is 0 Å². The van der Waals surface area contributed by atoms with Gasteiger partial charge in [0.05, 0.1) is 5.69 Å². The first kappa shape index (κ1) is 14.9. The molecular formula is C20H25N3. The summed E-state index contributed by atoms with van der Waals surface area (Å²) in [4.78, 5) is 7.21. The third-order valence-corrected chi connectivity index (χ3v) is 5.51. The van der Waals surface area contributed by atoms with Crippen LogP contribution in [0.4, 0.5) is 0 Å². The Labute approximate surface area is 138 Å². The molecule has 3 heterocycles. The summed E-state index contributed by atoms with van der Waals surface area (Å²) in [6.07, 6.45) is 2.48. The maximum absolute atomic E-state index is 4.65. The Balaban J connectivity index is 1.47. The van der Waals surface area contributed by atoms with Gasteiger partial charge in [-0.3, -0.25) is 9.88 Å². The molecule has 2 aromatic rings. The topological polar surface area (TPSA) is 28.2 Å². The van der Waals surface area contributed by atoms with E-state index in [0.29, 0.717) is 5.41 Å². The molecule has 1 aromatic carbocycles. The number of piperidine rings is 1. The van der Waals surface area contributed by atoms with E-state index >= 15 is 0 Å². The van der Waals surface area contributed by atoms with Gasteiger partial charge >= 0.3 is 0 Å². The van der Waals surface area contributed by atoms with Gasteiger partial charge in [-0.1, -0.05) is 30.3 Å². The van der Waals surface area contributed by atoms with Crippen molar-refractivity contribution in [1.82, 2.24) is 15.2 Å². The van der Waals surface area contributed by atoms with E-state index in [1.54, 1.807) is 5.56 Å². The molecule has 2 aliphatic rings. The second-order valence-corrected chi connectivity index (χ2v) is 7.09. The SMILES string of the molecule is Cc1cccc(CN2CCC3(CC2)CNCc2ccccc23)n1. The monoisotopic (exact) mass is 307 g/mol. The first-order chi connectivity index (χ1) is 11.3. The fraction of sp³-hybridized carbons (Fsp3) is 0.450. The highest BCUT2D eigenvalue weighted by molar-refractivity contribution is 5.37. The molecule has 0 bridgehead atoms. The Morgan fingerprint density at radius 1 is 1.09 bits per heavy atom. The van der Waals surface area contributed by atoms with E-state index in [9.17, 15) is 0 Å². The van der Waals surface area contributed by atoms with Crippen molar-refractivity contribution >= 4 is 0 Å². The Hall–Kier alpha value is -1.71. The molecular weight excluding hydrogens is 282 g/mol. The molecule has 0 unspecified atom stereocenters. The Kier molecular flexibility index (Phi) is 3.92. The van der Waals surface area contributed by atoms with Crippen LogP contribution >= 0.6 is 0 Å². The molecule has 0 radical (unpaired) electrons. The first-order valence-electron chi connectivity index (χ1n) is 8.69. The van der Waals surface area contributed by atoms with Crippen LogP contribution in [-0.4, -0.2) is 29.5 Å². The molecule has 0 atom stereocenters. The van der Waals surface area contributed by atoms with Gasteiger partial charge < -0.3 is 5.32 Å². The number of nitrogens with zero attached hydrogens (tertiary/aromatic N) is 2. The van der Waals surface area contributed by atoms with Gasteiger partial charge in [-0.25, -0.2) is 0 Å². The molecule has 1 fully saturated rings. The number of fused-ring (bicyclic) bond motifs is 2. The minimum Gasteiger partial charge on any atom is -0.312 e. The smallest absolute Gasteiger partial charge is 0.0547 e. The Bertz CT molecular complexity index is 687. The normalized spacial score (nSPS) is 20.4. The van der Waals surface area contributed by atoms with E-state index in [1.807, 2.05) is 0 Å². The predicted octanol–water partition coefficient (Wildman–Crippen LogP) is 3.03. The number of nitrogens with one attached hydrogen (secondary N) is 1. The summed E-state index contributed by atoms with van der Waals surface area (Å²) in [6.45, 7) is 7.51. The summed E-state index contributed by atoms with van der Waals surface area (Å²) in [5, 5.41) is 3.64. The summed E-state index contributed by atoms with van der Waals surface area (Å²) in [5.41, 5.74) is 5.73. The Morgan fingerprint density at radius 2 is 1.91 bits per heavy atom. The first-order valence-corrected chi connectivity index (χ1v) is 8.69. The van der Waals surface area contributed by atoms with Crippen LogP contribution in [0.15, 0.2) is 42.5 Å². The highest BCUT2D eigenvalue weighted by atomic mass is 15.1. The number of aromatic nitrogens is 1. The van der Waals surface area contributed by atoms with E-state index in [0.717, 1.165) is 38.4 Å². The number of hydrogen-bond donors (Lipinski definition) is 1. The van der Waals surface area contributed by atoms with E-state index in [2.05, 4.69) is 64.6 Å². The number of benzene rings is 1. The van der Waals surface area contributed by atoms with Crippen molar-refractivity contribution in [2.75, 3.05) is 19.6 Å². The zero-order valence-electron chi connectivity index (χ0n) is 13.9. The molecule has 3 heteroatoms. The van der Waals surface area contributed by atoms with Gasteiger partial charge in [-0.15, -0.1) is 0 Å². The van der Waals surface area contributed by atoms with Crippen molar-refractivity contribution in [3.05, 3.63) is 65.0 Å². The maximum Gasteiger partial charge on any atom is 0.0547 e. The van der Waals surface area contributed by atoms with Crippen LogP contribution in [-0.2, 0) is 18.5 Å². The molecule has 1 saturated heterocycles. The molecule has 4 rings (SSSR count). The number of aryl methyl sites for hydroxylation is 1. The van der Waals surface area contributed by atoms with Crippen LogP contribution in [0.2, 0.25) is 0 Å². The fourth-order valence-corrected chi connectivity index (χ4v) is 4.23. The lowest BCUT2D eigenvalue weighted by atomic mass is 9.69. The number of rotatable bonds is 2. The molecule has 1 N–H and O–H groups in total. The van der Waals surface area contributed by atoms with Gasteiger partial charge in [0.15, 0.2) is 0 Å². The van der Waals surface area contributed by atoms with E-state index in [1.165, 1.54) is 24.1 Å². The lowest BCUT2D eigenvalue weighted by Crippen LogP contribution is -2.50. The van der Waals surface area contributed by atoms with Crippen molar-refractivity contribution < 1.29 is 0 Å². The number of hydrogen-bond acceptors (Lipinski definition) is 3. The van der Waals surface area contributed by atoms with Crippen LogP contribution in [0, 0.1) is 6.92 Å². The molecule has 2 aliphatic heterocycles. The largest absolute Gasteiger partial charge is 0.312 e. The van der Waals surface area contributed by atoms with Crippen LogP contribution in [0.1, 0.15) is 35.4 Å². The number of likely N-dealkylation sites (tertiary alicyclic amines) is 1. The molecule has 0 aliphatic carbocycles. The standard InChI is InChI=1S/C20H25N3/c1-16-5-4-7-18(22-16)14-23-11-9-20(10-12-23)15-21-13-17-6-2-3-8-19(17)20/h2-8,21H,9-15H2,1H3. The fourth-order valence-electron chi connectivity index (χ4n) is 4.23. The molecule has 3 nitrogen and oxygen atoms in total. The van der Waals surface area contributed by atoms with Gasteiger partial charge in [0, 0.05) is 30.7 Å². The maximum atomic E-state index is 4.65. The zero-order valence-corrected chi connectivity index (χ0v) is 13.9. The molecule has 120 valence electrons. The number of pyridine rings is 1. The van der Waals surface area contributed by atoms with Gasteiger partial charge in [-0.2, -0.15) is 0 Å². The van der Waals surface area contributed by atoms with E-state index in [-0.39, 0.29) is 0 Å². The van der Waals surface area contributed by atoms with Gasteiger partial charge in [0.25, 0.3) is 0 Å². The van der Waals surface area contributed by atoms with Crippen molar-refractivity contribution in [3.8, 4) is 0 Å². The van der Waals surface area contributed by atoms with Crippen molar-refractivity contribution in [2.24, 2.45) is 0 Å². The molecule has 1 spiro atoms. The van der Waals surface area contributed by atoms with Crippen LogP contribution in [0.25, 0.3) is 0 Å². The van der Waals surface area contributed by atoms with Crippen molar-refractivity contribution in [3.63, 3.8) is 0 Å². The van der Waals surface area contributed by atoms with Crippen LogP contribution < -0.4 is 5.32 Å². The lowest BCUT2D eigenvalue weighted by molar-refractivity contribution is 0.143. The third-order valence-electron chi connectivity index (χ3n) is 5.51. The average molecular weight is 307 g/mol. The predicted molar refractivity (Wildman–Crippen MR) is 93.3 cm³/mol. The average Bonchev–Trinajstić information content (AvgIpc) is 2.58. The highest BCUT2D eigenvalue weighted by Crippen LogP contribution is 2.39. The van der Waals surface area contributed by atoms with Crippen LogP contribution in [0.5, 0.6) is 0 Å². The van der Waals surface area contributed by atoms with Gasteiger partial charge in [-0.05, 0) is 56.1 Å². The van der Waals surface area contributed by atoms with E-state index < -0.39 is 0 Å². The van der Waals surface area contributed by atoms with Gasteiger partial charge in [0.2, 0.25) is 0 Å². The summed E-state index contributed by atoms with van der Waals surface area (Å²) in [7, 11) is 0. The zero-order chi connectivity index (χ0) is 15.7. The summed E-state index contributed by atoms with van der Waals surface area (Å²) >= 11 is 0. The summed E-state index contributed by atoms with van der Waals surface area (Å²) in [6, 6.07) is 15.3. The molecule has 0 saturated carbocycles. The summed E-state index contributed by atoms with van der Waals surface area (Å²) in [5.74, 6) is 0. The highest BCUT2D eigenvalue weighted by Gasteiger charge is 2.39. The Morgan fingerprint density at radius 3 is 2.74 bits per heavy atom. The second kappa shape index (κ2) is 6.06. The lowest BCUT2D eigenvalue weighted by Gasteiger charge is -2.45.